The highest BCUT2D eigenvalue weighted by Gasteiger charge is 2.15. The molecule has 0 aliphatic carbocycles. The second kappa shape index (κ2) is 10.1. The SMILES string of the molecule is C=CCn1c(COc2ccccc2)nnc1SCC(=O)Nc1ccccc1C#N. The number of carbonyl (C=O) groups excluding carboxylic acids is 1. The predicted molar refractivity (Wildman–Crippen MR) is 112 cm³/mol. The number of hydrogen-bond acceptors (Lipinski definition) is 6. The number of para-hydroxylation sites is 2. The molecule has 0 atom stereocenters. The first-order chi connectivity index (χ1) is 14.2. The minimum Gasteiger partial charge on any atom is -0.486 e. The summed E-state index contributed by atoms with van der Waals surface area (Å²) in [6.07, 6.45) is 1.74. The zero-order valence-corrected chi connectivity index (χ0v) is 16.4. The molecule has 1 heterocycles. The zero-order valence-electron chi connectivity index (χ0n) is 15.6. The number of aromatic nitrogens is 3. The van der Waals surface area contributed by atoms with Gasteiger partial charge in [-0.1, -0.05) is 48.2 Å². The molecule has 0 bridgehead atoms. The topological polar surface area (TPSA) is 92.8 Å². The minimum absolute atomic E-state index is 0.134. The van der Waals surface area contributed by atoms with E-state index < -0.39 is 0 Å². The van der Waals surface area contributed by atoms with Gasteiger partial charge in [0, 0.05) is 6.54 Å². The van der Waals surface area contributed by atoms with Crippen molar-refractivity contribution < 1.29 is 9.53 Å². The Hall–Kier alpha value is -3.57. The maximum atomic E-state index is 12.3. The summed E-state index contributed by atoms with van der Waals surface area (Å²) in [6.45, 7) is 4.53. The van der Waals surface area contributed by atoms with E-state index in [1.54, 1.807) is 30.3 Å². The monoisotopic (exact) mass is 405 g/mol. The average Bonchev–Trinajstić information content (AvgIpc) is 3.14. The maximum absolute atomic E-state index is 12.3. The van der Waals surface area contributed by atoms with Crippen LogP contribution in [0.1, 0.15) is 11.4 Å². The largest absolute Gasteiger partial charge is 0.486 e. The standard InChI is InChI=1S/C21H19N5O2S/c1-2-12-26-19(14-28-17-9-4-3-5-10-17)24-25-21(26)29-15-20(27)23-18-11-7-6-8-16(18)13-22/h2-11H,1,12,14-15H2,(H,23,27). The fourth-order valence-corrected chi connectivity index (χ4v) is 3.28. The van der Waals surface area contributed by atoms with Crippen molar-refractivity contribution in [3.63, 3.8) is 0 Å². The molecular formula is C21H19N5O2S. The Morgan fingerprint density at radius 1 is 1.21 bits per heavy atom. The number of allylic oxidation sites excluding steroid dienone is 1. The van der Waals surface area contributed by atoms with Crippen LogP contribution in [0.15, 0.2) is 72.4 Å². The van der Waals surface area contributed by atoms with E-state index in [1.165, 1.54) is 11.8 Å². The number of anilines is 1. The van der Waals surface area contributed by atoms with Crippen molar-refractivity contribution in [1.29, 1.82) is 5.26 Å². The Kier molecular flexibility index (Phi) is 7.03. The van der Waals surface area contributed by atoms with E-state index in [4.69, 9.17) is 10.00 Å². The van der Waals surface area contributed by atoms with Crippen LogP contribution in [0.3, 0.4) is 0 Å². The van der Waals surface area contributed by atoms with E-state index in [0.717, 1.165) is 5.75 Å². The van der Waals surface area contributed by atoms with Gasteiger partial charge in [0.2, 0.25) is 5.91 Å². The summed E-state index contributed by atoms with van der Waals surface area (Å²) in [5.74, 6) is 1.29. The van der Waals surface area contributed by atoms with E-state index in [2.05, 4.69) is 28.2 Å². The van der Waals surface area contributed by atoms with Gasteiger partial charge in [0.1, 0.15) is 18.4 Å². The van der Waals surface area contributed by atoms with E-state index in [-0.39, 0.29) is 18.3 Å². The molecule has 146 valence electrons. The van der Waals surface area contributed by atoms with Crippen molar-refractivity contribution in [3.05, 3.63) is 78.6 Å². The van der Waals surface area contributed by atoms with Crippen molar-refractivity contribution in [2.45, 2.75) is 18.3 Å². The van der Waals surface area contributed by atoms with E-state index in [1.807, 2.05) is 34.9 Å². The van der Waals surface area contributed by atoms with Crippen LogP contribution in [0.4, 0.5) is 5.69 Å². The summed E-state index contributed by atoms with van der Waals surface area (Å²) in [7, 11) is 0. The normalized spacial score (nSPS) is 10.2. The van der Waals surface area contributed by atoms with Gasteiger partial charge in [0.05, 0.1) is 17.0 Å². The Bertz CT molecular complexity index is 1030. The average molecular weight is 405 g/mol. The molecule has 3 aromatic rings. The number of rotatable bonds is 9. The van der Waals surface area contributed by atoms with Crippen molar-refractivity contribution in [2.75, 3.05) is 11.1 Å². The van der Waals surface area contributed by atoms with Crippen LogP contribution < -0.4 is 10.1 Å². The number of amides is 1. The van der Waals surface area contributed by atoms with Gasteiger partial charge in [-0.25, -0.2) is 0 Å². The highest BCUT2D eigenvalue weighted by Crippen LogP contribution is 2.20. The lowest BCUT2D eigenvalue weighted by molar-refractivity contribution is -0.113. The van der Waals surface area contributed by atoms with Crippen LogP contribution >= 0.6 is 11.8 Å². The van der Waals surface area contributed by atoms with Gasteiger partial charge in [-0.05, 0) is 24.3 Å². The first-order valence-corrected chi connectivity index (χ1v) is 9.82. The number of benzene rings is 2. The van der Waals surface area contributed by atoms with Crippen molar-refractivity contribution in [3.8, 4) is 11.8 Å². The lowest BCUT2D eigenvalue weighted by atomic mass is 10.2. The molecule has 3 rings (SSSR count). The Morgan fingerprint density at radius 3 is 2.72 bits per heavy atom. The second-order valence-electron chi connectivity index (χ2n) is 5.89. The molecule has 1 amide bonds. The van der Waals surface area contributed by atoms with Crippen LogP contribution in [0.25, 0.3) is 0 Å². The van der Waals surface area contributed by atoms with Gasteiger partial charge >= 0.3 is 0 Å². The number of nitriles is 1. The number of ether oxygens (including phenoxy) is 1. The summed E-state index contributed by atoms with van der Waals surface area (Å²) in [5, 5.41) is 20.8. The predicted octanol–water partition coefficient (Wildman–Crippen LogP) is 3.65. The molecule has 0 aliphatic rings. The number of carbonyl (C=O) groups is 1. The molecule has 29 heavy (non-hydrogen) atoms. The zero-order chi connectivity index (χ0) is 20.5. The van der Waals surface area contributed by atoms with E-state index in [9.17, 15) is 4.79 Å². The minimum atomic E-state index is -0.229. The molecule has 0 spiro atoms. The highest BCUT2D eigenvalue weighted by molar-refractivity contribution is 7.99. The van der Waals surface area contributed by atoms with Gasteiger partial charge in [0.15, 0.2) is 11.0 Å². The third kappa shape index (κ3) is 5.46. The number of nitrogens with one attached hydrogen (secondary N) is 1. The first-order valence-electron chi connectivity index (χ1n) is 8.84. The van der Waals surface area contributed by atoms with Crippen LogP contribution in [-0.4, -0.2) is 26.4 Å². The van der Waals surface area contributed by atoms with Crippen molar-refractivity contribution >= 4 is 23.4 Å². The quantitative estimate of drug-likeness (QED) is 0.431. The smallest absolute Gasteiger partial charge is 0.234 e. The van der Waals surface area contributed by atoms with Crippen molar-refractivity contribution in [2.24, 2.45) is 0 Å². The summed E-state index contributed by atoms with van der Waals surface area (Å²) in [4.78, 5) is 12.3. The lowest BCUT2D eigenvalue weighted by Crippen LogP contribution is -2.15. The molecule has 0 fully saturated rings. The molecule has 0 saturated carbocycles. The van der Waals surface area contributed by atoms with Gasteiger partial charge in [-0.15, -0.1) is 16.8 Å². The molecule has 0 radical (unpaired) electrons. The summed E-state index contributed by atoms with van der Waals surface area (Å²) in [6, 6.07) is 18.4. The van der Waals surface area contributed by atoms with Gasteiger partial charge in [0.25, 0.3) is 0 Å². The molecule has 8 heteroatoms. The Labute approximate surface area is 173 Å². The van der Waals surface area contributed by atoms with Crippen molar-refractivity contribution in [1.82, 2.24) is 14.8 Å². The van der Waals surface area contributed by atoms with E-state index in [0.29, 0.717) is 28.8 Å². The second-order valence-corrected chi connectivity index (χ2v) is 6.84. The fraction of sp³-hybridized carbons (Fsp3) is 0.143. The molecule has 7 nitrogen and oxygen atoms in total. The maximum Gasteiger partial charge on any atom is 0.234 e. The number of hydrogen-bond donors (Lipinski definition) is 1. The molecule has 1 N–H and O–H groups in total. The Morgan fingerprint density at radius 2 is 1.97 bits per heavy atom. The molecular weight excluding hydrogens is 386 g/mol. The molecule has 1 aromatic heterocycles. The molecule has 0 aliphatic heterocycles. The summed E-state index contributed by atoms with van der Waals surface area (Å²) in [5.41, 5.74) is 0.908. The van der Waals surface area contributed by atoms with Gasteiger partial charge in [-0.2, -0.15) is 5.26 Å². The molecule has 2 aromatic carbocycles. The lowest BCUT2D eigenvalue weighted by Gasteiger charge is -2.09. The van der Waals surface area contributed by atoms with Crippen LogP contribution in [0.5, 0.6) is 5.75 Å². The molecule has 0 unspecified atom stereocenters. The third-order valence-corrected chi connectivity index (χ3v) is 4.84. The fourth-order valence-electron chi connectivity index (χ4n) is 2.52. The highest BCUT2D eigenvalue weighted by atomic mass is 32.2. The van der Waals surface area contributed by atoms with Gasteiger partial charge in [-0.3, -0.25) is 9.36 Å². The van der Waals surface area contributed by atoms with E-state index >= 15 is 0 Å². The van der Waals surface area contributed by atoms with Crippen LogP contribution in [-0.2, 0) is 17.9 Å². The first kappa shape index (κ1) is 20.2. The summed E-state index contributed by atoms with van der Waals surface area (Å²) >= 11 is 1.26. The number of thioether (sulfide) groups is 1. The third-order valence-electron chi connectivity index (χ3n) is 3.87. The number of nitrogens with zero attached hydrogens (tertiary/aromatic N) is 4. The van der Waals surface area contributed by atoms with Crippen LogP contribution in [0, 0.1) is 11.3 Å². The van der Waals surface area contributed by atoms with Crippen LogP contribution in [0.2, 0.25) is 0 Å². The summed E-state index contributed by atoms with van der Waals surface area (Å²) < 4.78 is 7.60. The van der Waals surface area contributed by atoms with Gasteiger partial charge < -0.3 is 10.1 Å². The Balaban J connectivity index is 1.63. The molecule has 0 saturated heterocycles.